The molecule has 2 aliphatic rings. The van der Waals surface area contributed by atoms with Crippen LogP contribution in [-0.2, 0) is 0 Å². The third-order valence-electron chi connectivity index (χ3n) is 5.61. The van der Waals surface area contributed by atoms with Gasteiger partial charge in [-0.1, -0.05) is 0 Å². The molecule has 0 atom stereocenters. The second kappa shape index (κ2) is 7.30. The Kier molecular flexibility index (Phi) is 4.94. The van der Waals surface area contributed by atoms with Crippen molar-refractivity contribution in [3.05, 3.63) is 54.1 Å². The van der Waals surface area contributed by atoms with Gasteiger partial charge in [-0.15, -0.1) is 0 Å². The molecule has 1 fully saturated rings. The van der Waals surface area contributed by atoms with Crippen LogP contribution in [0.25, 0.3) is 0 Å². The highest BCUT2D eigenvalue weighted by molar-refractivity contribution is 5.98. The molecule has 0 bridgehead atoms. The Morgan fingerprint density at radius 2 is 1.62 bits per heavy atom. The highest BCUT2D eigenvalue weighted by atomic mass is 19.1. The van der Waals surface area contributed by atoms with Crippen molar-refractivity contribution in [3.8, 4) is 0 Å². The van der Waals surface area contributed by atoms with Crippen LogP contribution in [0.4, 0.5) is 30.6 Å². The van der Waals surface area contributed by atoms with Gasteiger partial charge in [-0.2, -0.15) is 0 Å². The molecule has 2 amide bonds. The van der Waals surface area contributed by atoms with Gasteiger partial charge >= 0.3 is 6.03 Å². The summed E-state index contributed by atoms with van der Waals surface area (Å²) in [5.41, 5.74) is 2.10. The van der Waals surface area contributed by atoms with Crippen molar-refractivity contribution in [3.63, 3.8) is 0 Å². The minimum atomic E-state index is -0.377. The minimum absolute atomic E-state index is 0.0894. The zero-order valence-corrected chi connectivity index (χ0v) is 17.0. The molecule has 29 heavy (non-hydrogen) atoms. The molecule has 1 N–H and O–H groups in total. The molecule has 0 spiro atoms. The van der Waals surface area contributed by atoms with Gasteiger partial charge in [-0.25, -0.2) is 13.6 Å². The quantitative estimate of drug-likeness (QED) is 0.824. The molecule has 1 saturated heterocycles. The Bertz CT molecular complexity index is 904. The van der Waals surface area contributed by atoms with Crippen LogP contribution in [0.3, 0.4) is 0 Å². The monoisotopic (exact) mass is 400 g/mol. The Hall–Kier alpha value is -2.67. The van der Waals surface area contributed by atoms with E-state index in [4.69, 9.17) is 0 Å². The molecule has 7 heteroatoms. The molecule has 0 unspecified atom stereocenters. The molecule has 2 aromatic carbocycles. The lowest BCUT2D eigenvalue weighted by atomic mass is 9.98. The van der Waals surface area contributed by atoms with Crippen LogP contribution in [0.5, 0.6) is 0 Å². The average molecular weight is 400 g/mol. The summed E-state index contributed by atoms with van der Waals surface area (Å²) < 4.78 is 27.3. The number of amides is 2. The first-order chi connectivity index (χ1) is 13.7. The summed E-state index contributed by atoms with van der Waals surface area (Å²) in [5, 5.41) is 3.09. The molecule has 0 radical (unpaired) electrons. The van der Waals surface area contributed by atoms with E-state index in [1.165, 1.54) is 24.3 Å². The number of likely N-dealkylation sites (tertiary alicyclic amines) is 1. The van der Waals surface area contributed by atoms with Crippen molar-refractivity contribution in [2.75, 3.05) is 36.0 Å². The van der Waals surface area contributed by atoms with E-state index < -0.39 is 0 Å². The second-order valence-corrected chi connectivity index (χ2v) is 8.63. The van der Waals surface area contributed by atoms with Gasteiger partial charge in [0.1, 0.15) is 11.6 Å². The number of anilines is 3. The van der Waals surface area contributed by atoms with Gasteiger partial charge in [-0.3, -0.25) is 9.80 Å². The Morgan fingerprint density at radius 1 is 0.966 bits per heavy atom. The lowest BCUT2D eigenvalue weighted by Crippen LogP contribution is -2.66. The Labute approximate surface area is 169 Å². The number of fused-ring (bicyclic) bond motifs is 1. The molecule has 2 aromatic rings. The molecule has 0 saturated carbocycles. The Balaban J connectivity index is 1.53. The van der Waals surface area contributed by atoms with E-state index in [9.17, 15) is 13.6 Å². The number of urea groups is 1. The summed E-state index contributed by atoms with van der Waals surface area (Å²) in [5.74, 6) is -0.700. The first-order valence-corrected chi connectivity index (χ1v) is 9.88. The number of carbonyl (C=O) groups is 1. The lowest BCUT2D eigenvalue weighted by molar-refractivity contribution is 0.0394. The molecule has 2 heterocycles. The maximum Gasteiger partial charge on any atom is 0.322 e. The van der Waals surface area contributed by atoms with Gasteiger partial charge in [0.15, 0.2) is 0 Å². The van der Waals surface area contributed by atoms with E-state index in [0.29, 0.717) is 24.5 Å². The fourth-order valence-corrected chi connectivity index (χ4v) is 3.85. The maximum absolute atomic E-state index is 14.0. The van der Waals surface area contributed by atoms with E-state index in [-0.39, 0.29) is 29.2 Å². The third-order valence-corrected chi connectivity index (χ3v) is 5.61. The summed E-state index contributed by atoms with van der Waals surface area (Å²) in [7, 11) is 0. The number of nitrogens with one attached hydrogen (secondary N) is 1. The van der Waals surface area contributed by atoms with Crippen molar-refractivity contribution in [2.24, 2.45) is 0 Å². The van der Waals surface area contributed by atoms with Crippen LogP contribution in [0.2, 0.25) is 0 Å². The number of carbonyl (C=O) groups excluding carboxylic acids is 1. The number of nitrogens with zero attached hydrogens (tertiary/aromatic N) is 3. The molecule has 5 nitrogen and oxygen atoms in total. The molecule has 0 aliphatic carbocycles. The predicted molar refractivity (Wildman–Crippen MR) is 111 cm³/mol. The largest absolute Gasteiger partial charge is 0.338 e. The molecular weight excluding hydrogens is 374 g/mol. The zero-order valence-electron chi connectivity index (χ0n) is 17.0. The number of rotatable bonds is 2. The highest BCUT2D eigenvalue weighted by Crippen LogP contribution is 2.38. The van der Waals surface area contributed by atoms with Crippen LogP contribution in [0.1, 0.15) is 20.8 Å². The SMILES string of the molecule is CC(C)(C)N1CC(NC(=O)N2CCN(c3ccc(F)cc3)c3cc(F)ccc32)C1. The summed E-state index contributed by atoms with van der Waals surface area (Å²) in [6, 6.07) is 10.4. The Morgan fingerprint density at radius 3 is 2.28 bits per heavy atom. The van der Waals surface area contributed by atoms with Crippen molar-refractivity contribution in [2.45, 2.75) is 32.4 Å². The molecule has 154 valence electrons. The normalized spacial score (nSPS) is 17.7. The third kappa shape index (κ3) is 3.92. The van der Waals surface area contributed by atoms with E-state index in [1.54, 1.807) is 23.1 Å². The van der Waals surface area contributed by atoms with Crippen LogP contribution < -0.4 is 15.1 Å². The van der Waals surface area contributed by atoms with Crippen molar-refractivity contribution in [1.29, 1.82) is 0 Å². The summed E-state index contributed by atoms with van der Waals surface area (Å²) in [6.07, 6.45) is 0. The second-order valence-electron chi connectivity index (χ2n) is 8.63. The first-order valence-electron chi connectivity index (χ1n) is 9.88. The van der Waals surface area contributed by atoms with E-state index in [2.05, 4.69) is 31.0 Å². The number of hydrogen-bond donors (Lipinski definition) is 1. The fourth-order valence-electron chi connectivity index (χ4n) is 3.85. The summed E-state index contributed by atoms with van der Waals surface area (Å²) in [6.45, 7) is 9.06. The predicted octanol–water partition coefficient (Wildman–Crippen LogP) is 4.12. The number of hydrogen-bond acceptors (Lipinski definition) is 3. The lowest BCUT2D eigenvalue weighted by Gasteiger charge is -2.48. The van der Waals surface area contributed by atoms with E-state index in [0.717, 1.165) is 18.8 Å². The molecule has 0 aromatic heterocycles. The smallest absolute Gasteiger partial charge is 0.322 e. The van der Waals surface area contributed by atoms with Gasteiger partial charge in [0.25, 0.3) is 0 Å². The zero-order chi connectivity index (χ0) is 20.8. The maximum atomic E-state index is 14.0. The van der Waals surface area contributed by atoms with Gasteiger partial charge < -0.3 is 10.2 Å². The van der Waals surface area contributed by atoms with Crippen molar-refractivity contribution in [1.82, 2.24) is 10.2 Å². The first kappa shape index (κ1) is 19.6. The van der Waals surface area contributed by atoms with E-state index in [1.807, 2.05) is 4.90 Å². The highest BCUT2D eigenvalue weighted by Gasteiger charge is 2.37. The van der Waals surface area contributed by atoms with Crippen LogP contribution in [0, 0.1) is 11.6 Å². The number of halogens is 2. The average Bonchev–Trinajstić information content (AvgIpc) is 2.63. The van der Waals surface area contributed by atoms with Crippen LogP contribution >= 0.6 is 0 Å². The fraction of sp³-hybridized carbons (Fsp3) is 0.409. The van der Waals surface area contributed by atoms with Crippen LogP contribution in [-0.4, -0.2) is 48.7 Å². The molecule has 4 rings (SSSR count). The van der Waals surface area contributed by atoms with Gasteiger partial charge in [0.2, 0.25) is 0 Å². The summed E-state index contributed by atoms with van der Waals surface area (Å²) in [4.78, 5) is 18.8. The van der Waals surface area contributed by atoms with Crippen LogP contribution in [0.15, 0.2) is 42.5 Å². The molecule has 2 aliphatic heterocycles. The van der Waals surface area contributed by atoms with E-state index >= 15 is 0 Å². The van der Waals surface area contributed by atoms with Gasteiger partial charge in [-0.05, 0) is 63.2 Å². The van der Waals surface area contributed by atoms with Gasteiger partial charge in [0, 0.05) is 37.4 Å². The topological polar surface area (TPSA) is 38.8 Å². The summed E-state index contributed by atoms with van der Waals surface area (Å²) >= 11 is 0. The molecular formula is C22H26F2N4O. The van der Waals surface area contributed by atoms with Crippen molar-refractivity contribution >= 4 is 23.1 Å². The standard InChI is InChI=1S/C22H26F2N4O/c1-22(2,3)26-13-17(14-26)25-21(29)28-11-10-27(18-7-4-15(23)5-8-18)20-12-16(24)6-9-19(20)28/h4-9,12,17H,10-11,13-14H2,1-3H3,(H,25,29). The minimum Gasteiger partial charge on any atom is -0.338 e. The van der Waals surface area contributed by atoms with Gasteiger partial charge in [0.05, 0.1) is 17.4 Å². The number of benzene rings is 2. The van der Waals surface area contributed by atoms with Crippen molar-refractivity contribution < 1.29 is 13.6 Å².